The van der Waals surface area contributed by atoms with Gasteiger partial charge in [0.25, 0.3) is 5.91 Å². The predicted octanol–water partition coefficient (Wildman–Crippen LogP) is 2.79. The number of aromatic nitrogens is 6. The minimum Gasteiger partial charge on any atom is -0.345 e. The molecule has 0 spiro atoms. The van der Waals surface area contributed by atoms with Crippen molar-refractivity contribution in [3.8, 4) is 11.4 Å². The first-order chi connectivity index (χ1) is 14.0. The summed E-state index contributed by atoms with van der Waals surface area (Å²) in [6, 6.07) is 12.9. The molecule has 0 aliphatic rings. The van der Waals surface area contributed by atoms with Gasteiger partial charge < -0.3 is 5.32 Å². The topological polar surface area (TPSA) is 90.5 Å². The fraction of sp³-hybridized carbons (Fsp3) is 0.150. The van der Waals surface area contributed by atoms with Crippen LogP contribution in [-0.2, 0) is 0 Å². The van der Waals surface area contributed by atoms with E-state index in [4.69, 9.17) is 0 Å². The average molecular weight is 391 g/mol. The van der Waals surface area contributed by atoms with Gasteiger partial charge in [0.1, 0.15) is 12.1 Å². The molecule has 1 N–H and O–H groups in total. The molecule has 0 fully saturated rings. The Labute approximate surface area is 166 Å². The zero-order chi connectivity index (χ0) is 20.4. The van der Waals surface area contributed by atoms with Gasteiger partial charge in [0.15, 0.2) is 0 Å². The van der Waals surface area contributed by atoms with Crippen molar-refractivity contribution in [1.82, 2.24) is 35.3 Å². The van der Waals surface area contributed by atoms with Crippen molar-refractivity contribution in [2.24, 2.45) is 0 Å². The standard InChI is InChI=1S/C20H18FN7O/c1-13(18-11-23-28(14(18)2)16-9-7-15(21)8-10-16)24-20(29)17-5-3-4-6-19(17)27-12-22-25-26-27/h3-13H,1-2H3,(H,24,29). The number of benzene rings is 2. The van der Waals surface area contributed by atoms with E-state index < -0.39 is 0 Å². The maximum atomic E-state index is 13.2. The SMILES string of the molecule is Cc1c(C(C)NC(=O)c2ccccc2-n2cnnn2)cnn1-c1ccc(F)cc1. The molecule has 2 aromatic heterocycles. The molecule has 4 rings (SSSR count). The molecule has 1 amide bonds. The molecule has 8 nitrogen and oxygen atoms in total. The Morgan fingerprint density at radius 3 is 2.62 bits per heavy atom. The van der Waals surface area contributed by atoms with Crippen LogP contribution < -0.4 is 5.32 Å². The summed E-state index contributed by atoms with van der Waals surface area (Å²) < 4.78 is 16.3. The van der Waals surface area contributed by atoms with Gasteiger partial charge >= 0.3 is 0 Å². The number of tetrazole rings is 1. The van der Waals surface area contributed by atoms with Gasteiger partial charge in [-0.1, -0.05) is 12.1 Å². The molecule has 146 valence electrons. The largest absolute Gasteiger partial charge is 0.345 e. The molecule has 4 aromatic rings. The molecular weight excluding hydrogens is 373 g/mol. The average Bonchev–Trinajstić information content (AvgIpc) is 3.39. The summed E-state index contributed by atoms with van der Waals surface area (Å²) in [6.45, 7) is 3.79. The van der Waals surface area contributed by atoms with Crippen LogP contribution in [0.2, 0.25) is 0 Å². The van der Waals surface area contributed by atoms with Gasteiger partial charge in [-0.2, -0.15) is 9.78 Å². The van der Waals surface area contributed by atoms with Gasteiger partial charge in [0, 0.05) is 11.3 Å². The Hall–Kier alpha value is -3.88. The van der Waals surface area contributed by atoms with Crippen molar-refractivity contribution in [2.45, 2.75) is 19.9 Å². The minimum absolute atomic E-state index is 0.252. The van der Waals surface area contributed by atoms with Crippen molar-refractivity contribution in [2.75, 3.05) is 0 Å². The monoisotopic (exact) mass is 391 g/mol. The molecule has 0 radical (unpaired) electrons. The molecule has 0 bridgehead atoms. The number of amides is 1. The molecule has 9 heteroatoms. The first-order valence-corrected chi connectivity index (χ1v) is 8.98. The molecule has 0 aliphatic carbocycles. The third-order valence-electron chi connectivity index (χ3n) is 4.68. The summed E-state index contributed by atoms with van der Waals surface area (Å²) in [6.07, 6.45) is 3.14. The van der Waals surface area contributed by atoms with Crippen molar-refractivity contribution in [1.29, 1.82) is 0 Å². The Kier molecular flexibility index (Phi) is 4.86. The Balaban J connectivity index is 1.57. The van der Waals surface area contributed by atoms with Crippen LogP contribution in [0.15, 0.2) is 61.1 Å². The predicted molar refractivity (Wildman–Crippen MR) is 103 cm³/mol. The highest BCUT2D eigenvalue weighted by atomic mass is 19.1. The molecule has 2 aromatic carbocycles. The third kappa shape index (κ3) is 3.62. The molecule has 2 heterocycles. The summed E-state index contributed by atoms with van der Waals surface area (Å²) in [5.41, 5.74) is 3.51. The quantitative estimate of drug-likeness (QED) is 0.565. The second-order valence-electron chi connectivity index (χ2n) is 6.54. The zero-order valence-corrected chi connectivity index (χ0v) is 15.8. The summed E-state index contributed by atoms with van der Waals surface area (Å²) in [5.74, 6) is -0.557. The lowest BCUT2D eigenvalue weighted by Gasteiger charge is -2.15. The zero-order valence-electron chi connectivity index (χ0n) is 15.8. The highest BCUT2D eigenvalue weighted by Crippen LogP contribution is 2.21. The molecule has 1 atom stereocenters. The molecule has 29 heavy (non-hydrogen) atoms. The summed E-state index contributed by atoms with van der Waals surface area (Å²) in [4.78, 5) is 12.9. The number of para-hydroxylation sites is 1. The fourth-order valence-corrected chi connectivity index (χ4v) is 3.18. The highest BCUT2D eigenvalue weighted by Gasteiger charge is 2.19. The van der Waals surface area contributed by atoms with E-state index in [0.29, 0.717) is 11.3 Å². The summed E-state index contributed by atoms with van der Waals surface area (Å²) >= 11 is 0. The van der Waals surface area contributed by atoms with Crippen molar-refractivity contribution < 1.29 is 9.18 Å². The molecular formula is C20H18FN7O. The first-order valence-electron chi connectivity index (χ1n) is 8.98. The summed E-state index contributed by atoms with van der Waals surface area (Å²) in [7, 11) is 0. The number of carbonyl (C=O) groups excluding carboxylic acids is 1. The summed E-state index contributed by atoms with van der Waals surface area (Å²) in [5, 5.41) is 18.5. The van der Waals surface area contributed by atoms with Crippen molar-refractivity contribution in [3.63, 3.8) is 0 Å². The lowest BCUT2D eigenvalue weighted by Crippen LogP contribution is -2.28. The van der Waals surface area contributed by atoms with Crippen molar-refractivity contribution >= 4 is 5.91 Å². The number of hydrogen-bond acceptors (Lipinski definition) is 5. The number of carbonyl (C=O) groups is 1. The van der Waals surface area contributed by atoms with Crippen molar-refractivity contribution in [3.05, 3.63) is 83.7 Å². The van der Waals surface area contributed by atoms with Crippen LogP contribution in [0.1, 0.15) is 34.6 Å². The van der Waals surface area contributed by atoms with E-state index in [0.717, 1.165) is 16.9 Å². The second-order valence-corrected chi connectivity index (χ2v) is 6.54. The molecule has 0 saturated carbocycles. The van der Waals surface area contributed by atoms with E-state index in [1.54, 1.807) is 41.2 Å². The van der Waals surface area contributed by atoms with Crippen LogP contribution in [-0.4, -0.2) is 35.9 Å². The van der Waals surface area contributed by atoms with E-state index in [9.17, 15) is 9.18 Å². The van der Waals surface area contributed by atoms with Crippen LogP contribution in [0, 0.1) is 12.7 Å². The number of halogens is 1. The minimum atomic E-state index is -0.305. The van der Waals surface area contributed by atoms with Crippen LogP contribution in [0.5, 0.6) is 0 Å². The fourth-order valence-electron chi connectivity index (χ4n) is 3.18. The Bertz CT molecular complexity index is 1140. The van der Waals surface area contributed by atoms with Gasteiger partial charge in [-0.15, -0.1) is 5.10 Å². The highest BCUT2D eigenvalue weighted by molar-refractivity contribution is 5.97. The Morgan fingerprint density at radius 1 is 1.14 bits per heavy atom. The maximum absolute atomic E-state index is 13.2. The van der Waals surface area contributed by atoms with E-state index in [1.165, 1.54) is 23.1 Å². The lowest BCUT2D eigenvalue weighted by atomic mass is 10.1. The van der Waals surface area contributed by atoms with Gasteiger partial charge in [0.2, 0.25) is 0 Å². The first kappa shape index (κ1) is 18.5. The van der Waals surface area contributed by atoms with E-state index >= 15 is 0 Å². The van der Waals surface area contributed by atoms with Gasteiger partial charge in [-0.25, -0.2) is 9.07 Å². The number of nitrogens with one attached hydrogen (secondary N) is 1. The van der Waals surface area contributed by atoms with Crippen LogP contribution in [0.4, 0.5) is 4.39 Å². The normalized spacial score (nSPS) is 12.0. The third-order valence-corrected chi connectivity index (χ3v) is 4.68. The van der Waals surface area contributed by atoms with Crippen LogP contribution in [0.25, 0.3) is 11.4 Å². The Morgan fingerprint density at radius 2 is 1.90 bits per heavy atom. The van der Waals surface area contributed by atoms with E-state index in [-0.39, 0.29) is 17.8 Å². The molecule has 0 saturated heterocycles. The number of hydrogen-bond donors (Lipinski definition) is 1. The molecule has 1 unspecified atom stereocenters. The number of rotatable bonds is 5. The van der Waals surface area contributed by atoms with Crippen LogP contribution >= 0.6 is 0 Å². The van der Waals surface area contributed by atoms with Gasteiger partial charge in [-0.3, -0.25) is 4.79 Å². The van der Waals surface area contributed by atoms with Crippen LogP contribution in [0.3, 0.4) is 0 Å². The number of nitrogens with zero attached hydrogens (tertiary/aromatic N) is 6. The smallest absolute Gasteiger partial charge is 0.253 e. The lowest BCUT2D eigenvalue weighted by molar-refractivity contribution is 0.0939. The second kappa shape index (κ2) is 7.63. The van der Waals surface area contributed by atoms with E-state index in [1.807, 2.05) is 19.9 Å². The molecule has 0 aliphatic heterocycles. The van der Waals surface area contributed by atoms with E-state index in [2.05, 4.69) is 25.9 Å². The maximum Gasteiger partial charge on any atom is 0.253 e. The van der Waals surface area contributed by atoms with Gasteiger partial charge in [0.05, 0.1) is 29.2 Å². The van der Waals surface area contributed by atoms with Gasteiger partial charge in [-0.05, 0) is 60.7 Å².